The van der Waals surface area contributed by atoms with Crippen molar-refractivity contribution >= 4 is 6.03 Å². The van der Waals surface area contributed by atoms with Crippen molar-refractivity contribution in [1.82, 2.24) is 26.2 Å². The average Bonchev–Trinajstić information content (AvgIpc) is 2.99. The van der Waals surface area contributed by atoms with Crippen LogP contribution in [0.2, 0.25) is 0 Å². The number of piperidine rings is 3. The highest BCUT2D eigenvalue weighted by Crippen LogP contribution is 2.35. The summed E-state index contributed by atoms with van der Waals surface area (Å²) in [7, 11) is 0. The highest BCUT2D eigenvalue weighted by atomic mass is 16.5. The Balaban J connectivity index is 1.46. The van der Waals surface area contributed by atoms with Crippen LogP contribution in [0.25, 0.3) is 0 Å². The molecule has 2 bridgehead atoms. The van der Waals surface area contributed by atoms with Crippen molar-refractivity contribution < 1.29 is 9.53 Å². The third-order valence-corrected chi connectivity index (χ3v) is 7.47. The fourth-order valence-corrected chi connectivity index (χ4v) is 6.15. The van der Waals surface area contributed by atoms with Crippen LogP contribution in [-0.4, -0.2) is 67.2 Å². The van der Waals surface area contributed by atoms with E-state index < -0.39 is 0 Å². The predicted octanol–water partition coefficient (Wildman–Crippen LogP) is 0.571. The number of fused-ring (bicyclic) bond motifs is 2. The van der Waals surface area contributed by atoms with E-state index in [0.29, 0.717) is 23.9 Å². The van der Waals surface area contributed by atoms with Crippen molar-refractivity contribution in [3.63, 3.8) is 0 Å². The molecular formula is C19H33N5O2. The summed E-state index contributed by atoms with van der Waals surface area (Å²) in [4.78, 5) is 14.9. The standard InChI is InChI=1S/C19H33N5O2/c1-11-3-2-10-26-14-7-9-21-18-17(14)24(19(25)23-18)15-5-4-13-16(22-15)12(11)6-8-20-13/h11-18,20-22H,2-10H2,1H3,(H,23,25)/t11-,12?,13?,14?,15?,16?,17?,18?/m1/s1. The third-order valence-electron chi connectivity index (χ3n) is 7.47. The van der Waals surface area contributed by atoms with Crippen LogP contribution in [0.5, 0.6) is 0 Å². The largest absolute Gasteiger partial charge is 0.376 e. The number of nitrogens with zero attached hydrogens (tertiary/aromatic N) is 1. The number of rotatable bonds is 0. The summed E-state index contributed by atoms with van der Waals surface area (Å²) >= 11 is 0. The molecule has 5 rings (SSSR count). The lowest BCUT2D eigenvalue weighted by Crippen LogP contribution is -2.68. The fourth-order valence-electron chi connectivity index (χ4n) is 6.15. The van der Waals surface area contributed by atoms with Gasteiger partial charge in [0.2, 0.25) is 0 Å². The van der Waals surface area contributed by atoms with E-state index in [1.807, 2.05) is 0 Å². The molecule has 5 aliphatic rings. The lowest BCUT2D eigenvalue weighted by molar-refractivity contribution is -0.0493. The zero-order valence-corrected chi connectivity index (χ0v) is 15.7. The smallest absolute Gasteiger partial charge is 0.320 e. The van der Waals surface area contributed by atoms with Gasteiger partial charge in [-0.2, -0.15) is 0 Å². The van der Waals surface area contributed by atoms with E-state index in [1.165, 1.54) is 12.8 Å². The molecule has 146 valence electrons. The molecule has 4 N–H and O–H groups in total. The maximum absolute atomic E-state index is 12.8. The highest BCUT2D eigenvalue weighted by Gasteiger charge is 2.51. The Morgan fingerprint density at radius 2 is 1.96 bits per heavy atom. The Labute approximate surface area is 156 Å². The maximum Gasteiger partial charge on any atom is 0.320 e. The highest BCUT2D eigenvalue weighted by molar-refractivity contribution is 5.78. The van der Waals surface area contributed by atoms with Gasteiger partial charge in [0.05, 0.1) is 18.3 Å². The van der Waals surface area contributed by atoms with Crippen LogP contribution in [0.1, 0.15) is 45.4 Å². The third kappa shape index (κ3) is 2.84. The van der Waals surface area contributed by atoms with Gasteiger partial charge in [-0.05, 0) is 63.5 Å². The molecule has 5 heterocycles. The maximum atomic E-state index is 12.8. The Bertz CT molecular complexity index is 546. The van der Waals surface area contributed by atoms with Crippen LogP contribution < -0.4 is 21.3 Å². The summed E-state index contributed by atoms with van der Waals surface area (Å²) < 4.78 is 6.32. The zero-order chi connectivity index (χ0) is 17.7. The van der Waals surface area contributed by atoms with E-state index in [4.69, 9.17) is 4.74 Å². The van der Waals surface area contributed by atoms with Crippen LogP contribution in [0.3, 0.4) is 0 Å². The molecule has 5 aliphatic heterocycles. The van der Waals surface area contributed by atoms with Gasteiger partial charge in [-0.1, -0.05) is 6.92 Å². The Morgan fingerprint density at radius 3 is 2.88 bits per heavy atom. The molecule has 0 aromatic rings. The summed E-state index contributed by atoms with van der Waals surface area (Å²) in [6, 6.07) is 1.18. The lowest BCUT2D eigenvalue weighted by atomic mass is 9.74. The lowest BCUT2D eigenvalue weighted by Gasteiger charge is -2.51. The summed E-state index contributed by atoms with van der Waals surface area (Å²) in [6.07, 6.45) is 6.99. The number of hydrogen-bond donors (Lipinski definition) is 4. The molecule has 0 aromatic carbocycles. The molecule has 0 aromatic heterocycles. The number of urea groups is 1. The average molecular weight is 364 g/mol. The number of hydrogen-bond acceptors (Lipinski definition) is 5. The summed E-state index contributed by atoms with van der Waals surface area (Å²) in [5, 5.41) is 14.3. The molecule has 0 spiro atoms. The first kappa shape index (κ1) is 17.2. The molecule has 8 atom stereocenters. The van der Waals surface area contributed by atoms with Gasteiger partial charge in [-0.3, -0.25) is 10.6 Å². The van der Waals surface area contributed by atoms with Gasteiger partial charge >= 0.3 is 6.03 Å². The van der Waals surface area contributed by atoms with Crippen molar-refractivity contribution in [1.29, 1.82) is 0 Å². The molecule has 5 fully saturated rings. The zero-order valence-electron chi connectivity index (χ0n) is 15.7. The fraction of sp³-hybridized carbons (Fsp3) is 0.947. The molecule has 7 nitrogen and oxygen atoms in total. The van der Waals surface area contributed by atoms with E-state index in [2.05, 4.69) is 33.1 Å². The van der Waals surface area contributed by atoms with Gasteiger partial charge in [0.1, 0.15) is 6.17 Å². The van der Waals surface area contributed by atoms with Gasteiger partial charge in [0.25, 0.3) is 0 Å². The second-order valence-corrected chi connectivity index (χ2v) is 8.90. The van der Waals surface area contributed by atoms with Crippen molar-refractivity contribution in [2.24, 2.45) is 11.8 Å². The van der Waals surface area contributed by atoms with Crippen LogP contribution in [0, 0.1) is 11.8 Å². The van der Waals surface area contributed by atoms with Gasteiger partial charge < -0.3 is 20.3 Å². The monoisotopic (exact) mass is 363 g/mol. The van der Waals surface area contributed by atoms with E-state index in [1.54, 1.807) is 0 Å². The Kier molecular flexibility index (Phi) is 4.59. The Morgan fingerprint density at radius 1 is 1.08 bits per heavy atom. The minimum Gasteiger partial charge on any atom is -0.376 e. The molecule has 26 heavy (non-hydrogen) atoms. The second-order valence-electron chi connectivity index (χ2n) is 8.90. The number of carbonyl (C=O) groups is 1. The number of nitrogens with one attached hydrogen (secondary N) is 4. The quantitative estimate of drug-likeness (QED) is 0.506. The molecular weight excluding hydrogens is 330 g/mol. The number of carbonyl (C=O) groups excluding carboxylic acids is 1. The molecule has 0 radical (unpaired) electrons. The van der Waals surface area contributed by atoms with Crippen molar-refractivity contribution in [2.45, 2.75) is 82.0 Å². The SMILES string of the molecule is C[C@@H]1CCCOC2CCNC3NC(=O)N(C4CCC5NCCC1C5N4)C32. The van der Waals surface area contributed by atoms with Gasteiger partial charge in [-0.15, -0.1) is 0 Å². The number of amides is 2. The first-order chi connectivity index (χ1) is 12.7. The second kappa shape index (κ2) is 6.93. The van der Waals surface area contributed by atoms with Crippen LogP contribution in [0.4, 0.5) is 4.79 Å². The van der Waals surface area contributed by atoms with E-state index in [-0.39, 0.29) is 30.5 Å². The topological polar surface area (TPSA) is 77.7 Å². The van der Waals surface area contributed by atoms with Crippen molar-refractivity contribution in [2.75, 3.05) is 19.7 Å². The summed E-state index contributed by atoms with van der Waals surface area (Å²) in [5.74, 6) is 1.38. The first-order valence-electron chi connectivity index (χ1n) is 10.7. The van der Waals surface area contributed by atoms with Gasteiger partial charge in [-0.25, -0.2) is 4.79 Å². The summed E-state index contributed by atoms with van der Waals surface area (Å²) in [5.41, 5.74) is 0. The van der Waals surface area contributed by atoms with E-state index in [9.17, 15) is 4.79 Å². The van der Waals surface area contributed by atoms with Gasteiger partial charge in [0, 0.05) is 18.7 Å². The number of ether oxygens (including phenoxy) is 1. The Hall–Kier alpha value is -0.890. The van der Waals surface area contributed by atoms with E-state index in [0.717, 1.165) is 45.4 Å². The summed E-state index contributed by atoms with van der Waals surface area (Å²) in [6.45, 7) is 5.26. The molecule has 7 unspecified atom stereocenters. The normalized spacial score (nSPS) is 48.8. The molecule has 0 aliphatic carbocycles. The van der Waals surface area contributed by atoms with Gasteiger partial charge in [0.15, 0.2) is 0 Å². The molecule has 0 saturated carbocycles. The minimum absolute atomic E-state index is 0.0166. The van der Waals surface area contributed by atoms with Crippen LogP contribution in [0.15, 0.2) is 0 Å². The van der Waals surface area contributed by atoms with Crippen molar-refractivity contribution in [3.05, 3.63) is 0 Å². The van der Waals surface area contributed by atoms with Crippen LogP contribution in [-0.2, 0) is 4.74 Å². The molecule has 2 amide bonds. The first-order valence-corrected chi connectivity index (χ1v) is 10.7. The van der Waals surface area contributed by atoms with E-state index >= 15 is 0 Å². The molecule has 7 heteroatoms. The van der Waals surface area contributed by atoms with Crippen molar-refractivity contribution in [3.8, 4) is 0 Å². The predicted molar refractivity (Wildman–Crippen MR) is 98.5 cm³/mol. The van der Waals surface area contributed by atoms with Crippen LogP contribution >= 0.6 is 0 Å². The minimum atomic E-state index is 0.0166. The molecule has 5 saturated heterocycles.